The van der Waals surface area contributed by atoms with E-state index < -0.39 is 8.07 Å². The van der Waals surface area contributed by atoms with Crippen molar-refractivity contribution in [1.82, 2.24) is 0 Å². The van der Waals surface area contributed by atoms with Crippen LogP contribution in [0.15, 0.2) is 29.9 Å². The maximum Gasteiger partial charge on any atom is 0.0473 e. The van der Waals surface area contributed by atoms with Gasteiger partial charge in [0.15, 0.2) is 0 Å². The highest BCUT2D eigenvalue weighted by Gasteiger charge is 2.09. The maximum atomic E-state index is 3.45. The Kier molecular flexibility index (Phi) is 2.98. The third-order valence-corrected chi connectivity index (χ3v) is 2.83. The molecule has 0 heterocycles. The zero-order chi connectivity index (χ0) is 9.03. The summed E-state index contributed by atoms with van der Waals surface area (Å²) in [6.45, 7) is 7.09. The third kappa shape index (κ3) is 3.63. The lowest BCUT2D eigenvalue weighted by Gasteiger charge is -2.14. The van der Waals surface area contributed by atoms with Crippen molar-refractivity contribution >= 4 is 8.07 Å². The van der Waals surface area contributed by atoms with Gasteiger partial charge in [0.25, 0.3) is 0 Å². The van der Waals surface area contributed by atoms with Crippen LogP contribution in [0.5, 0.6) is 0 Å². The molecule has 0 saturated heterocycles. The summed E-state index contributed by atoms with van der Waals surface area (Å²) in [4.78, 5) is 0. The van der Waals surface area contributed by atoms with Crippen LogP contribution < -0.4 is 0 Å². The van der Waals surface area contributed by atoms with Crippen molar-refractivity contribution in [1.29, 1.82) is 0 Å². The molecule has 0 N–H and O–H groups in total. The van der Waals surface area contributed by atoms with Crippen molar-refractivity contribution in [2.75, 3.05) is 0 Å². The number of allylic oxidation sites excluding steroid dienone is 6. The molecule has 1 rings (SSSR count). The third-order valence-electron chi connectivity index (χ3n) is 1.60. The van der Waals surface area contributed by atoms with Crippen molar-refractivity contribution in [3.8, 4) is 0 Å². The molecule has 0 saturated carbocycles. The molecule has 0 amide bonds. The van der Waals surface area contributed by atoms with Crippen LogP contribution in [-0.2, 0) is 0 Å². The van der Waals surface area contributed by atoms with Crippen molar-refractivity contribution in [2.45, 2.75) is 25.7 Å². The summed E-state index contributed by atoms with van der Waals surface area (Å²) in [6.07, 6.45) is 13.8. The highest BCUT2D eigenvalue weighted by molar-refractivity contribution is 6.76. The van der Waals surface area contributed by atoms with Gasteiger partial charge in [-0.15, -0.1) is 6.08 Å². The van der Waals surface area contributed by atoms with Gasteiger partial charge in [-0.25, -0.2) is 0 Å². The smallest absolute Gasteiger partial charge is 0.0473 e. The largest absolute Gasteiger partial charge is 0.149 e. The maximum absolute atomic E-state index is 3.45. The Morgan fingerprint density at radius 1 is 1.25 bits per heavy atom. The minimum atomic E-state index is -0.951. The van der Waals surface area contributed by atoms with E-state index in [1.807, 2.05) is 6.42 Å². The van der Waals surface area contributed by atoms with Gasteiger partial charge in [-0.3, -0.25) is 0 Å². The van der Waals surface area contributed by atoms with Gasteiger partial charge in [-0.2, -0.15) is 0 Å². The molecule has 0 atom stereocenters. The van der Waals surface area contributed by atoms with Crippen LogP contribution in [0.2, 0.25) is 25.7 Å². The first-order chi connectivity index (χ1) is 5.58. The fraction of sp³-hybridized carbons (Fsp3) is 0.364. The molecule has 0 bridgehead atoms. The predicted molar refractivity (Wildman–Crippen MR) is 57.5 cm³/mol. The molecule has 12 heavy (non-hydrogen) atoms. The van der Waals surface area contributed by atoms with Crippen molar-refractivity contribution in [3.05, 3.63) is 42.4 Å². The van der Waals surface area contributed by atoms with Crippen LogP contribution in [0.25, 0.3) is 0 Å². The van der Waals surface area contributed by atoms with E-state index in [4.69, 9.17) is 0 Å². The standard InChI is InChI=1S/C11H16Si/c1-12(2,3)10-9-11-7-5-4-6-8-11/h4-8H,10H2,1-3H3. The van der Waals surface area contributed by atoms with Gasteiger partial charge in [0.05, 0.1) is 0 Å². The lowest BCUT2D eigenvalue weighted by atomic mass is 10.1. The molecule has 64 valence electrons. The summed E-state index contributed by atoms with van der Waals surface area (Å²) in [5.41, 5.74) is 1.24. The molecule has 0 aromatic heterocycles. The lowest BCUT2D eigenvalue weighted by molar-refractivity contribution is 1.41. The van der Waals surface area contributed by atoms with E-state index in [1.54, 1.807) is 0 Å². The van der Waals surface area contributed by atoms with E-state index in [9.17, 15) is 0 Å². The Bertz CT molecular complexity index is 212. The Morgan fingerprint density at radius 2 is 1.83 bits per heavy atom. The van der Waals surface area contributed by atoms with Crippen molar-refractivity contribution < 1.29 is 0 Å². The van der Waals surface area contributed by atoms with Crippen LogP contribution in [0.1, 0.15) is 0 Å². The quantitative estimate of drug-likeness (QED) is 0.447. The Morgan fingerprint density at radius 3 is 2.33 bits per heavy atom. The van der Waals surface area contributed by atoms with Gasteiger partial charge in [0, 0.05) is 44.4 Å². The molecule has 0 spiro atoms. The fourth-order valence-electron chi connectivity index (χ4n) is 0.923. The fourth-order valence-corrected chi connectivity index (χ4v) is 1.66. The Balaban J connectivity index is 2.52. The van der Waals surface area contributed by atoms with E-state index in [0.717, 1.165) is 6.04 Å². The monoisotopic (exact) mass is 176 g/mol. The Labute approximate surface area is 76.7 Å². The molecule has 1 aliphatic rings. The topological polar surface area (TPSA) is 0 Å². The molecule has 0 radical (unpaired) electrons. The van der Waals surface area contributed by atoms with Gasteiger partial charge in [0.1, 0.15) is 0 Å². The first-order valence-corrected chi connectivity index (χ1v) is 8.07. The zero-order valence-corrected chi connectivity index (χ0v) is 9.09. The SMILES string of the molecule is C[Si](C)(C)C[C-]=C1C=C[CH+]C=C1. The molecule has 0 aliphatic heterocycles. The summed E-state index contributed by atoms with van der Waals surface area (Å²) >= 11 is 0. The summed E-state index contributed by atoms with van der Waals surface area (Å²) in [6, 6.07) is 1.15. The van der Waals surface area contributed by atoms with Crippen molar-refractivity contribution in [3.63, 3.8) is 0 Å². The molecule has 0 nitrogen and oxygen atoms in total. The van der Waals surface area contributed by atoms with Crippen LogP contribution in [-0.4, -0.2) is 8.07 Å². The van der Waals surface area contributed by atoms with Gasteiger partial charge in [-0.05, 0) is 0 Å². The molecule has 0 aromatic carbocycles. The molecule has 0 fully saturated rings. The highest BCUT2D eigenvalue weighted by atomic mass is 28.3. The molecule has 0 unspecified atom stereocenters. The van der Waals surface area contributed by atoms with Gasteiger partial charge >= 0.3 is 0 Å². The van der Waals surface area contributed by atoms with E-state index in [0.29, 0.717) is 0 Å². The van der Waals surface area contributed by atoms with Gasteiger partial charge in [0.2, 0.25) is 0 Å². The highest BCUT2D eigenvalue weighted by Crippen LogP contribution is 2.13. The van der Waals surface area contributed by atoms with E-state index >= 15 is 0 Å². The van der Waals surface area contributed by atoms with Crippen LogP contribution in [0.3, 0.4) is 0 Å². The minimum absolute atomic E-state index is 0.951. The molecular weight excluding hydrogens is 160 g/mol. The van der Waals surface area contributed by atoms with E-state index in [1.165, 1.54) is 5.57 Å². The van der Waals surface area contributed by atoms with Crippen molar-refractivity contribution in [2.24, 2.45) is 0 Å². The summed E-state index contributed by atoms with van der Waals surface area (Å²) in [5, 5.41) is 0. The normalized spacial score (nSPS) is 16.1. The average Bonchev–Trinajstić information content (AvgIpc) is 2.02. The van der Waals surface area contributed by atoms with Crippen LogP contribution in [0, 0.1) is 12.5 Å². The number of rotatable bonds is 2. The van der Waals surface area contributed by atoms with Gasteiger partial charge < -0.3 is 0 Å². The van der Waals surface area contributed by atoms with E-state index in [2.05, 4.69) is 50.0 Å². The van der Waals surface area contributed by atoms with E-state index in [-0.39, 0.29) is 0 Å². The minimum Gasteiger partial charge on any atom is -0.149 e. The number of hydrogen-bond donors (Lipinski definition) is 0. The average molecular weight is 176 g/mol. The molecular formula is C11H16Si. The van der Waals surface area contributed by atoms with Gasteiger partial charge in [-0.1, -0.05) is 25.7 Å². The zero-order valence-electron chi connectivity index (χ0n) is 8.09. The lowest BCUT2D eigenvalue weighted by Crippen LogP contribution is -2.17. The van der Waals surface area contributed by atoms with Crippen LogP contribution in [0.4, 0.5) is 0 Å². The summed E-state index contributed by atoms with van der Waals surface area (Å²) < 4.78 is 0. The predicted octanol–water partition coefficient (Wildman–Crippen LogP) is 3.38. The molecule has 1 heteroatoms. The first kappa shape index (κ1) is 9.40. The second kappa shape index (κ2) is 3.81. The summed E-state index contributed by atoms with van der Waals surface area (Å²) in [7, 11) is -0.951. The Hall–Kier alpha value is -0.693. The second-order valence-corrected chi connectivity index (χ2v) is 9.76. The molecule has 1 aliphatic carbocycles. The molecule has 0 aromatic rings. The number of hydrogen-bond acceptors (Lipinski definition) is 0. The second-order valence-electron chi connectivity index (χ2n) is 4.28. The first-order valence-electron chi connectivity index (χ1n) is 4.37. The van der Waals surface area contributed by atoms with Crippen LogP contribution >= 0.6 is 0 Å². The summed E-state index contributed by atoms with van der Waals surface area (Å²) in [5.74, 6) is 0.